The Kier molecular flexibility index (Phi) is 5.49. The van der Waals surface area contributed by atoms with Crippen LogP contribution in [-0.2, 0) is 0 Å². The second-order valence-corrected chi connectivity index (χ2v) is 6.81. The lowest BCUT2D eigenvalue weighted by Gasteiger charge is -2.32. The van der Waals surface area contributed by atoms with Crippen molar-refractivity contribution in [1.29, 1.82) is 0 Å². The highest BCUT2D eigenvalue weighted by molar-refractivity contribution is 7.99. The maximum Gasteiger partial charge on any atom is 0.254 e. The number of aryl methyl sites for hydroxylation is 1. The normalized spacial score (nSPS) is 20.0. The molecule has 110 valence electrons. The summed E-state index contributed by atoms with van der Waals surface area (Å²) in [5, 5.41) is 0. The Labute approximate surface area is 126 Å². The molecule has 1 heterocycles. The van der Waals surface area contributed by atoms with Crippen LogP contribution in [-0.4, -0.2) is 60.4 Å². The summed E-state index contributed by atoms with van der Waals surface area (Å²) in [6, 6.07) is 8.21. The number of benzene rings is 1. The number of amides is 1. The van der Waals surface area contributed by atoms with Crippen molar-refractivity contribution in [3.8, 4) is 0 Å². The summed E-state index contributed by atoms with van der Waals surface area (Å²) in [5.41, 5.74) is 1.92. The smallest absolute Gasteiger partial charge is 0.254 e. The Morgan fingerprint density at radius 3 is 2.85 bits per heavy atom. The van der Waals surface area contributed by atoms with E-state index in [1.54, 1.807) is 0 Å². The first-order chi connectivity index (χ1) is 9.59. The lowest BCUT2D eigenvalue weighted by molar-refractivity contribution is 0.0675. The van der Waals surface area contributed by atoms with Gasteiger partial charge >= 0.3 is 0 Å². The van der Waals surface area contributed by atoms with Crippen LogP contribution in [0.4, 0.5) is 0 Å². The maximum atomic E-state index is 12.9. The molecule has 1 amide bonds. The fourth-order valence-electron chi connectivity index (χ4n) is 2.64. The summed E-state index contributed by atoms with van der Waals surface area (Å²) < 4.78 is 0. The van der Waals surface area contributed by atoms with Gasteiger partial charge in [-0.25, -0.2) is 0 Å². The first kappa shape index (κ1) is 15.4. The van der Waals surface area contributed by atoms with Gasteiger partial charge in [-0.2, -0.15) is 11.8 Å². The molecular formula is C16H24N2OS. The lowest BCUT2D eigenvalue weighted by atomic mass is 10.1. The van der Waals surface area contributed by atoms with Crippen LogP contribution >= 0.6 is 11.8 Å². The molecule has 1 aliphatic rings. The molecular weight excluding hydrogens is 268 g/mol. The fraction of sp³-hybridized carbons (Fsp3) is 0.562. The molecule has 2 rings (SSSR count). The summed E-state index contributed by atoms with van der Waals surface area (Å²) in [5.74, 6) is 2.38. The van der Waals surface area contributed by atoms with E-state index in [0.29, 0.717) is 6.04 Å². The standard InChI is InChI=1S/C16H24N2OS/c1-13-7-4-5-8-15(13)16(19)18-9-6-10-20-12-14(18)11-17(2)3/h4-5,7-8,14H,6,9-12H2,1-3H3. The van der Waals surface area contributed by atoms with E-state index >= 15 is 0 Å². The molecule has 1 aliphatic heterocycles. The van der Waals surface area contributed by atoms with Crippen molar-refractivity contribution in [3.63, 3.8) is 0 Å². The van der Waals surface area contributed by atoms with Crippen LogP contribution in [0.1, 0.15) is 22.3 Å². The van der Waals surface area contributed by atoms with Crippen LogP contribution in [0.3, 0.4) is 0 Å². The van der Waals surface area contributed by atoms with E-state index in [1.807, 2.05) is 43.0 Å². The Morgan fingerprint density at radius 1 is 1.40 bits per heavy atom. The largest absolute Gasteiger partial charge is 0.334 e. The molecule has 0 N–H and O–H groups in total. The SMILES string of the molecule is Cc1ccccc1C(=O)N1CCCSCC1CN(C)C. The van der Waals surface area contributed by atoms with E-state index in [4.69, 9.17) is 0 Å². The summed E-state index contributed by atoms with van der Waals surface area (Å²) in [6.07, 6.45) is 1.09. The third-order valence-electron chi connectivity index (χ3n) is 3.65. The molecule has 0 aromatic heterocycles. The number of hydrogen-bond acceptors (Lipinski definition) is 3. The summed E-state index contributed by atoms with van der Waals surface area (Å²) in [4.78, 5) is 17.1. The molecule has 20 heavy (non-hydrogen) atoms. The van der Waals surface area contributed by atoms with Crippen molar-refractivity contribution in [2.24, 2.45) is 0 Å². The molecule has 1 aromatic rings. The fourth-order valence-corrected chi connectivity index (χ4v) is 3.69. The van der Waals surface area contributed by atoms with Gasteiger partial charge in [0.05, 0.1) is 6.04 Å². The van der Waals surface area contributed by atoms with Gasteiger partial charge in [0.25, 0.3) is 5.91 Å². The topological polar surface area (TPSA) is 23.6 Å². The first-order valence-corrected chi connectivity index (χ1v) is 8.34. The molecule has 1 fully saturated rings. The molecule has 0 radical (unpaired) electrons. The highest BCUT2D eigenvalue weighted by Crippen LogP contribution is 2.20. The number of nitrogens with zero attached hydrogens (tertiary/aromatic N) is 2. The summed E-state index contributed by atoms with van der Waals surface area (Å²) in [7, 11) is 4.15. The van der Waals surface area contributed by atoms with Gasteiger partial charge in [0, 0.05) is 24.4 Å². The predicted octanol–water partition coefficient (Wildman–Crippen LogP) is 2.50. The summed E-state index contributed by atoms with van der Waals surface area (Å²) in [6.45, 7) is 3.82. The van der Waals surface area contributed by atoms with Gasteiger partial charge < -0.3 is 9.80 Å². The number of thioether (sulfide) groups is 1. The number of carbonyl (C=O) groups excluding carboxylic acids is 1. The third kappa shape index (κ3) is 3.76. The average molecular weight is 292 g/mol. The van der Waals surface area contributed by atoms with E-state index in [-0.39, 0.29) is 5.91 Å². The van der Waals surface area contributed by atoms with Gasteiger partial charge in [-0.1, -0.05) is 18.2 Å². The second-order valence-electron chi connectivity index (χ2n) is 5.66. The molecule has 1 unspecified atom stereocenters. The molecule has 0 aliphatic carbocycles. The zero-order valence-electron chi connectivity index (χ0n) is 12.6. The molecule has 4 heteroatoms. The molecule has 0 spiro atoms. The Bertz CT molecular complexity index is 462. The molecule has 0 bridgehead atoms. The van der Waals surface area contributed by atoms with Crippen LogP contribution in [0.2, 0.25) is 0 Å². The average Bonchev–Trinajstić information content (AvgIpc) is 2.63. The first-order valence-electron chi connectivity index (χ1n) is 7.18. The Morgan fingerprint density at radius 2 is 2.15 bits per heavy atom. The van der Waals surface area contributed by atoms with Crippen LogP contribution in [0, 0.1) is 6.92 Å². The van der Waals surface area contributed by atoms with Crippen LogP contribution in [0.25, 0.3) is 0 Å². The Hall–Kier alpha value is -1.00. The van der Waals surface area contributed by atoms with Crippen molar-refractivity contribution in [2.75, 3.05) is 38.7 Å². The van der Waals surface area contributed by atoms with Crippen LogP contribution < -0.4 is 0 Å². The molecule has 1 saturated heterocycles. The van der Waals surface area contributed by atoms with Gasteiger partial charge in [-0.05, 0) is 44.8 Å². The highest BCUT2D eigenvalue weighted by atomic mass is 32.2. The summed E-state index contributed by atoms with van der Waals surface area (Å²) >= 11 is 1.97. The molecule has 3 nitrogen and oxygen atoms in total. The van der Waals surface area contributed by atoms with E-state index in [2.05, 4.69) is 23.9 Å². The van der Waals surface area contributed by atoms with Gasteiger partial charge in [-0.3, -0.25) is 4.79 Å². The Balaban J connectivity index is 2.21. The van der Waals surface area contributed by atoms with Crippen molar-refractivity contribution in [3.05, 3.63) is 35.4 Å². The van der Waals surface area contributed by atoms with E-state index < -0.39 is 0 Å². The minimum Gasteiger partial charge on any atom is -0.334 e. The van der Waals surface area contributed by atoms with Crippen molar-refractivity contribution < 1.29 is 4.79 Å². The number of hydrogen-bond donors (Lipinski definition) is 0. The van der Waals surface area contributed by atoms with E-state index in [0.717, 1.165) is 42.1 Å². The zero-order valence-corrected chi connectivity index (χ0v) is 13.4. The van der Waals surface area contributed by atoms with Gasteiger partial charge in [-0.15, -0.1) is 0 Å². The van der Waals surface area contributed by atoms with Crippen molar-refractivity contribution in [1.82, 2.24) is 9.80 Å². The van der Waals surface area contributed by atoms with E-state index in [9.17, 15) is 4.79 Å². The lowest BCUT2D eigenvalue weighted by Crippen LogP contribution is -2.46. The highest BCUT2D eigenvalue weighted by Gasteiger charge is 2.27. The monoisotopic (exact) mass is 292 g/mol. The van der Waals surface area contributed by atoms with E-state index in [1.165, 1.54) is 0 Å². The van der Waals surface area contributed by atoms with Gasteiger partial charge in [0.2, 0.25) is 0 Å². The quantitative estimate of drug-likeness (QED) is 0.855. The van der Waals surface area contributed by atoms with Crippen LogP contribution in [0.5, 0.6) is 0 Å². The van der Waals surface area contributed by atoms with Crippen molar-refractivity contribution >= 4 is 17.7 Å². The second kappa shape index (κ2) is 7.14. The van der Waals surface area contributed by atoms with Crippen molar-refractivity contribution in [2.45, 2.75) is 19.4 Å². The number of likely N-dealkylation sites (N-methyl/N-ethyl adjacent to an activating group) is 1. The maximum absolute atomic E-state index is 12.9. The zero-order chi connectivity index (χ0) is 14.5. The van der Waals surface area contributed by atoms with Gasteiger partial charge in [0.15, 0.2) is 0 Å². The minimum atomic E-state index is 0.192. The minimum absolute atomic E-state index is 0.192. The number of rotatable bonds is 3. The number of carbonyl (C=O) groups is 1. The van der Waals surface area contributed by atoms with Crippen LogP contribution in [0.15, 0.2) is 24.3 Å². The predicted molar refractivity (Wildman–Crippen MR) is 86.5 cm³/mol. The molecule has 1 atom stereocenters. The third-order valence-corrected chi connectivity index (χ3v) is 4.85. The van der Waals surface area contributed by atoms with Gasteiger partial charge in [0.1, 0.15) is 0 Å². The molecule has 0 saturated carbocycles. The molecule has 1 aromatic carbocycles.